The standard InChI is InChI=1S/C7H11N3O3/c1-5(2)13-7-6(10(11)12)4-9(3)8-7/h4-5H,1-3H3/i3D3. The van der Waals surface area contributed by atoms with E-state index in [0.717, 1.165) is 6.20 Å². The molecule has 0 aliphatic rings. The van der Waals surface area contributed by atoms with Crippen LogP contribution >= 0.6 is 0 Å². The number of hydrogen-bond donors (Lipinski definition) is 0. The van der Waals surface area contributed by atoms with Crippen molar-refractivity contribution in [1.29, 1.82) is 0 Å². The second-order valence-corrected chi connectivity index (χ2v) is 2.69. The Morgan fingerprint density at radius 3 is 3.00 bits per heavy atom. The van der Waals surface area contributed by atoms with Crippen molar-refractivity contribution in [2.24, 2.45) is 6.98 Å². The van der Waals surface area contributed by atoms with Crippen LogP contribution in [-0.4, -0.2) is 20.8 Å². The van der Waals surface area contributed by atoms with E-state index in [1.807, 2.05) is 0 Å². The number of hydrogen-bond acceptors (Lipinski definition) is 4. The maximum absolute atomic E-state index is 10.6. The van der Waals surface area contributed by atoms with Gasteiger partial charge in [-0.25, -0.2) is 0 Å². The van der Waals surface area contributed by atoms with Crippen molar-refractivity contribution in [3.8, 4) is 5.88 Å². The number of ether oxygens (including phenoxy) is 1. The van der Waals surface area contributed by atoms with Gasteiger partial charge in [0.1, 0.15) is 6.20 Å². The summed E-state index contributed by atoms with van der Waals surface area (Å²) in [5, 5.41) is 14.2. The van der Waals surface area contributed by atoms with Crippen LogP contribution in [0, 0.1) is 10.1 Å². The SMILES string of the molecule is [2H]C([2H])([2H])n1cc([N+](=O)[O-])c(OC(C)C)n1. The third kappa shape index (κ3) is 2.17. The quantitative estimate of drug-likeness (QED) is 0.526. The maximum Gasteiger partial charge on any atom is 0.350 e. The first-order chi connectivity index (χ1) is 7.21. The highest BCUT2D eigenvalue weighted by atomic mass is 16.6. The van der Waals surface area contributed by atoms with E-state index in [1.54, 1.807) is 13.8 Å². The van der Waals surface area contributed by atoms with Gasteiger partial charge in [0.2, 0.25) is 0 Å². The van der Waals surface area contributed by atoms with E-state index < -0.39 is 17.6 Å². The molecule has 0 amide bonds. The summed E-state index contributed by atoms with van der Waals surface area (Å²) in [4.78, 5) is 9.90. The lowest BCUT2D eigenvalue weighted by Gasteiger charge is -2.04. The van der Waals surface area contributed by atoms with Crippen molar-refractivity contribution in [2.75, 3.05) is 0 Å². The van der Waals surface area contributed by atoms with Crippen LogP contribution in [0.1, 0.15) is 18.0 Å². The first-order valence-corrected chi connectivity index (χ1v) is 3.63. The molecule has 0 N–H and O–H groups in total. The molecule has 6 nitrogen and oxygen atoms in total. The van der Waals surface area contributed by atoms with E-state index in [1.165, 1.54) is 0 Å². The highest BCUT2D eigenvalue weighted by molar-refractivity contribution is 5.38. The van der Waals surface area contributed by atoms with Crippen molar-refractivity contribution >= 4 is 5.69 Å². The van der Waals surface area contributed by atoms with Gasteiger partial charge in [-0.2, -0.15) is 0 Å². The van der Waals surface area contributed by atoms with Gasteiger partial charge < -0.3 is 4.74 Å². The van der Waals surface area contributed by atoms with Crippen LogP contribution < -0.4 is 4.74 Å². The average molecular weight is 188 g/mol. The summed E-state index contributed by atoms with van der Waals surface area (Å²) in [5.41, 5.74) is -0.454. The molecule has 0 fully saturated rings. The number of aryl methyl sites for hydroxylation is 1. The van der Waals surface area contributed by atoms with Gasteiger partial charge in [0, 0.05) is 11.1 Å². The Morgan fingerprint density at radius 2 is 2.54 bits per heavy atom. The topological polar surface area (TPSA) is 70.2 Å². The summed E-state index contributed by atoms with van der Waals surface area (Å²) in [6.07, 6.45) is 0.517. The van der Waals surface area contributed by atoms with Gasteiger partial charge >= 0.3 is 11.6 Å². The summed E-state index contributed by atoms with van der Waals surface area (Å²) >= 11 is 0. The molecule has 0 atom stereocenters. The Kier molecular flexibility index (Phi) is 1.57. The second-order valence-electron chi connectivity index (χ2n) is 2.69. The summed E-state index contributed by atoms with van der Waals surface area (Å²) in [5.74, 6) is -0.281. The van der Waals surface area contributed by atoms with Gasteiger partial charge in [0.25, 0.3) is 0 Å². The molecule has 72 valence electrons. The van der Waals surface area contributed by atoms with Crippen LogP contribution in [0.15, 0.2) is 6.20 Å². The Bertz CT molecular complexity index is 399. The maximum atomic E-state index is 10.6. The summed E-state index contributed by atoms with van der Waals surface area (Å²) in [6, 6.07) is 0. The van der Waals surface area contributed by atoms with Crippen LogP contribution in [0.2, 0.25) is 0 Å². The Hall–Kier alpha value is -1.59. The van der Waals surface area contributed by atoms with Gasteiger partial charge in [0.15, 0.2) is 0 Å². The van der Waals surface area contributed by atoms with E-state index in [-0.39, 0.29) is 12.0 Å². The minimum atomic E-state index is -2.55. The van der Waals surface area contributed by atoms with Crippen LogP contribution in [0.3, 0.4) is 0 Å². The van der Waals surface area contributed by atoms with Crippen LogP contribution in [0.25, 0.3) is 0 Å². The molecule has 0 bridgehead atoms. The molecule has 13 heavy (non-hydrogen) atoms. The van der Waals surface area contributed by atoms with Gasteiger partial charge in [0.05, 0.1) is 11.0 Å². The molecule has 1 aromatic rings. The molecule has 1 heterocycles. The first kappa shape index (κ1) is 5.95. The van der Waals surface area contributed by atoms with Gasteiger partial charge in [-0.15, -0.1) is 5.10 Å². The van der Waals surface area contributed by atoms with Crippen LogP contribution in [0.5, 0.6) is 5.88 Å². The molecule has 6 heteroatoms. The van der Waals surface area contributed by atoms with Gasteiger partial charge in [-0.1, -0.05) is 0 Å². The van der Waals surface area contributed by atoms with E-state index >= 15 is 0 Å². The first-order valence-electron chi connectivity index (χ1n) is 5.13. The minimum absolute atomic E-state index is 0.281. The number of nitrogens with zero attached hydrogens (tertiary/aromatic N) is 3. The fraction of sp³-hybridized carbons (Fsp3) is 0.571. The van der Waals surface area contributed by atoms with Gasteiger partial charge in [-0.05, 0) is 13.8 Å². The van der Waals surface area contributed by atoms with Crippen molar-refractivity contribution in [1.82, 2.24) is 9.78 Å². The normalized spacial score (nSPS) is 14.8. The monoisotopic (exact) mass is 188 g/mol. The van der Waals surface area contributed by atoms with E-state index in [4.69, 9.17) is 8.85 Å². The predicted octanol–water partition coefficient (Wildman–Crippen LogP) is 1.12. The fourth-order valence-electron chi connectivity index (χ4n) is 0.781. The Morgan fingerprint density at radius 1 is 1.85 bits per heavy atom. The van der Waals surface area contributed by atoms with E-state index in [9.17, 15) is 10.1 Å². The number of rotatable bonds is 3. The zero-order chi connectivity index (χ0) is 12.5. The molecule has 1 rings (SSSR count). The third-order valence-electron chi connectivity index (χ3n) is 1.21. The smallest absolute Gasteiger partial charge is 0.350 e. The highest BCUT2D eigenvalue weighted by Crippen LogP contribution is 2.24. The van der Waals surface area contributed by atoms with E-state index in [2.05, 4.69) is 5.10 Å². The van der Waals surface area contributed by atoms with Crippen LogP contribution in [0.4, 0.5) is 5.69 Å². The molecule has 0 aliphatic heterocycles. The lowest BCUT2D eigenvalue weighted by atomic mass is 10.5. The zero-order valence-corrected chi connectivity index (χ0v) is 7.22. The second kappa shape index (κ2) is 3.42. The van der Waals surface area contributed by atoms with Crippen molar-refractivity contribution in [3.63, 3.8) is 0 Å². The van der Waals surface area contributed by atoms with Crippen molar-refractivity contribution in [3.05, 3.63) is 16.3 Å². The largest absolute Gasteiger partial charge is 0.469 e. The van der Waals surface area contributed by atoms with Crippen molar-refractivity contribution in [2.45, 2.75) is 20.0 Å². The average Bonchev–Trinajstić information content (AvgIpc) is 2.45. The molecule has 0 saturated carbocycles. The molecule has 0 saturated heterocycles. The van der Waals surface area contributed by atoms with E-state index in [0.29, 0.717) is 4.68 Å². The van der Waals surface area contributed by atoms with Gasteiger partial charge in [-0.3, -0.25) is 14.8 Å². The predicted molar refractivity (Wildman–Crippen MR) is 45.6 cm³/mol. The Balaban J connectivity index is 3.15. The minimum Gasteiger partial charge on any atom is -0.469 e. The highest BCUT2D eigenvalue weighted by Gasteiger charge is 2.20. The molecule has 0 spiro atoms. The summed E-state index contributed by atoms with van der Waals surface area (Å²) in [7, 11) is 0. The lowest BCUT2D eigenvalue weighted by Crippen LogP contribution is -2.07. The summed E-state index contributed by atoms with van der Waals surface area (Å²) in [6.45, 7) is 0.777. The number of nitro groups is 1. The zero-order valence-electron chi connectivity index (χ0n) is 10.2. The lowest BCUT2D eigenvalue weighted by molar-refractivity contribution is -0.386. The fourth-order valence-corrected chi connectivity index (χ4v) is 0.781. The molecule has 0 radical (unpaired) electrons. The molecular weight excluding hydrogens is 174 g/mol. The Labute approximate surface area is 79.5 Å². The third-order valence-corrected chi connectivity index (χ3v) is 1.21. The molecule has 1 aromatic heterocycles. The molecular formula is C7H11N3O3. The molecule has 0 unspecified atom stereocenters. The molecule has 0 aliphatic carbocycles. The van der Waals surface area contributed by atoms with Crippen LogP contribution in [-0.2, 0) is 6.98 Å². The number of aromatic nitrogens is 2. The molecule has 0 aromatic carbocycles. The van der Waals surface area contributed by atoms with Crippen molar-refractivity contribution < 1.29 is 13.8 Å². The summed E-state index contributed by atoms with van der Waals surface area (Å²) < 4.78 is 26.8.